The molecule has 0 aromatic heterocycles. The molecule has 0 unspecified atom stereocenters. The van der Waals surface area contributed by atoms with Gasteiger partial charge in [-0.1, -0.05) is 26.0 Å². The van der Waals surface area contributed by atoms with Crippen molar-refractivity contribution >= 4 is 24.8 Å². The molecule has 2 N–H and O–H groups in total. The van der Waals surface area contributed by atoms with E-state index in [1.165, 1.54) is 5.56 Å². The topological polar surface area (TPSA) is 44.7 Å². The number of benzene rings is 1. The highest BCUT2D eigenvalue weighted by molar-refractivity contribution is 5.85. The second kappa shape index (κ2) is 14.4. The molecule has 1 aromatic rings. The van der Waals surface area contributed by atoms with Gasteiger partial charge in [0.15, 0.2) is 0 Å². The van der Waals surface area contributed by atoms with Gasteiger partial charge in [0.05, 0.1) is 6.61 Å². The number of halogens is 2. The van der Waals surface area contributed by atoms with Gasteiger partial charge in [-0.2, -0.15) is 0 Å². The number of ether oxygens (including phenoxy) is 1. The van der Waals surface area contributed by atoms with Crippen LogP contribution in [0.5, 0.6) is 5.75 Å². The number of rotatable bonds is 10. The van der Waals surface area contributed by atoms with Gasteiger partial charge in [0.2, 0.25) is 0 Å². The third kappa shape index (κ3) is 9.93. The number of aliphatic hydroxyl groups is 1. The lowest BCUT2D eigenvalue weighted by molar-refractivity contribution is 0.223. The summed E-state index contributed by atoms with van der Waals surface area (Å²) in [5, 5.41) is 11.8. The molecule has 21 heavy (non-hydrogen) atoms. The Morgan fingerprint density at radius 1 is 1.10 bits per heavy atom. The molecule has 0 bridgehead atoms. The van der Waals surface area contributed by atoms with Gasteiger partial charge in [-0.3, -0.25) is 0 Å². The summed E-state index contributed by atoms with van der Waals surface area (Å²) in [6.07, 6.45) is 0. The molecule has 0 saturated carbocycles. The van der Waals surface area contributed by atoms with Crippen molar-refractivity contribution < 1.29 is 9.84 Å². The Labute approximate surface area is 140 Å². The molecule has 0 aliphatic carbocycles. The zero-order chi connectivity index (χ0) is 13.9. The Bertz CT molecular complexity index is 333. The molecule has 0 atom stereocenters. The van der Waals surface area contributed by atoms with Crippen LogP contribution in [0.2, 0.25) is 0 Å². The van der Waals surface area contributed by atoms with E-state index in [1.54, 1.807) is 0 Å². The smallest absolute Gasteiger partial charge is 0.119 e. The molecule has 0 radical (unpaired) electrons. The SMILES string of the molecule is CCN(CC)CCOc1ccc(CNCCO)cc1.Cl.Cl. The van der Waals surface area contributed by atoms with E-state index in [9.17, 15) is 0 Å². The highest BCUT2D eigenvalue weighted by Crippen LogP contribution is 2.12. The quantitative estimate of drug-likeness (QED) is 0.642. The minimum atomic E-state index is 0. The summed E-state index contributed by atoms with van der Waals surface area (Å²) in [6.45, 7) is 9.73. The molecule has 0 spiro atoms. The van der Waals surface area contributed by atoms with Gasteiger partial charge in [-0.25, -0.2) is 0 Å². The Morgan fingerprint density at radius 3 is 2.24 bits per heavy atom. The first-order valence-electron chi connectivity index (χ1n) is 7.05. The average Bonchev–Trinajstić information content (AvgIpc) is 2.45. The maximum absolute atomic E-state index is 8.68. The first-order valence-corrected chi connectivity index (χ1v) is 7.05. The number of hydrogen-bond donors (Lipinski definition) is 2. The van der Waals surface area contributed by atoms with E-state index in [0.717, 1.165) is 38.5 Å². The summed E-state index contributed by atoms with van der Waals surface area (Å²) in [5.41, 5.74) is 1.20. The second-order valence-electron chi connectivity index (χ2n) is 4.42. The maximum atomic E-state index is 8.68. The summed E-state index contributed by atoms with van der Waals surface area (Å²) in [4.78, 5) is 2.34. The van der Waals surface area contributed by atoms with Crippen LogP contribution in [-0.2, 0) is 6.54 Å². The third-order valence-electron chi connectivity index (χ3n) is 3.11. The Kier molecular flexibility index (Phi) is 15.6. The zero-order valence-corrected chi connectivity index (χ0v) is 14.5. The molecular formula is C15H28Cl2N2O2. The minimum Gasteiger partial charge on any atom is -0.492 e. The van der Waals surface area contributed by atoms with Crippen molar-refractivity contribution in [2.24, 2.45) is 0 Å². The molecule has 0 fully saturated rings. The fourth-order valence-electron chi connectivity index (χ4n) is 1.85. The second-order valence-corrected chi connectivity index (χ2v) is 4.42. The van der Waals surface area contributed by atoms with Gasteiger partial charge in [0, 0.05) is 19.6 Å². The number of nitrogens with zero attached hydrogens (tertiary/aromatic N) is 1. The third-order valence-corrected chi connectivity index (χ3v) is 3.11. The minimum absolute atomic E-state index is 0. The van der Waals surface area contributed by atoms with Gasteiger partial charge < -0.3 is 20.1 Å². The maximum Gasteiger partial charge on any atom is 0.119 e. The number of hydrogen-bond acceptors (Lipinski definition) is 4. The van der Waals surface area contributed by atoms with E-state index in [0.29, 0.717) is 6.54 Å². The first-order chi connectivity index (χ1) is 9.30. The molecule has 0 aliphatic heterocycles. The average molecular weight is 339 g/mol. The first kappa shape index (κ1) is 22.8. The van der Waals surface area contributed by atoms with Gasteiger partial charge >= 0.3 is 0 Å². The van der Waals surface area contributed by atoms with Crippen LogP contribution in [0.1, 0.15) is 19.4 Å². The highest BCUT2D eigenvalue weighted by Gasteiger charge is 2.00. The van der Waals surface area contributed by atoms with Crippen molar-refractivity contribution in [2.75, 3.05) is 39.4 Å². The monoisotopic (exact) mass is 338 g/mol. The molecule has 1 aromatic carbocycles. The number of aliphatic hydroxyl groups excluding tert-OH is 1. The summed E-state index contributed by atoms with van der Waals surface area (Å²) < 4.78 is 5.72. The predicted molar refractivity (Wildman–Crippen MR) is 93.0 cm³/mol. The Hall–Kier alpha value is -0.520. The molecule has 0 aliphatic rings. The summed E-state index contributed by atoms with van der Waals surface area (Å²) >= 11 is 0. The normalized spacial score (nSPS) is 9.90. The van der Waals surface area contributed by atoms with Crippen LogP contribution in [0.15, 0.2) is 24.3 Å². The van der Waals surface area contributed by atoms with Crippen molar-refractivity contribution in [3.63, 3.8) is 0 Å². The molecule has 124 valence electrons. The Balaban J connectivity index is 0. The Morgan fingerprint density at radius 2 is 1.71 bits per heavy atom. The molecule has 4 nitrogen and oxygen atoms in total. The van der Waals surface area contributed by atoms with Crippen LogP contribution in [0.4, 0.5) is 0 Å². The van der Waals surface area contributed by atoms with E-state index in [4.69, 9.17) is 9.84 Å². The lowest BCUT2D eigenvalue weighted by atomic mass is 10.2. The molecule has 0 saturated heterocycles. The zero-order valence-electron chi connectivity index (χ0n) is 12.9. The molecule has 6 heteroatoms. The van der Waals surface area contributed by atoms with Crippen LogP contribution < -0.4 is 10.1 Å². The summed E-state index contributed by atoms with van der Waals surface area (Å²) in [7, 11) is 0. The van der Waals surface area contributed by atoms with Crippen LogP contribution >= 0.6 is 24.8 Å². The van der Waals surface area contributed by atoms with Gasteiger partial charge in [-0.15, -0.1) is 24.8 Å². The van der Waals surface area contributed by atoms with Crippen molar-refractivity contribution in [3.05, 3.63) is 29.8 Å². The highest BCUT2D eigenvalue weighted by atomic mass is 35.5. The standard InChI is InChI=1S/C15H26N2O2.2ClH/c1-3-17(4-2)10-12-19-15-7-5-14(6-8-15)13-16-9-11-18;;/h5-8,16,18H,3-4,9-13H2,1-2H3;2*1H. The van der Waals surface area contributed by atoms with Gasteiger partial charge in [0.25, 0.3) is 0 Å². The van der Waals surface area contributed by atoms with Crippen molar-refractivity contribution in [3.8, 4) is 5.75 Å². The summed E-state index contributed by atoms with van der Waals surface area (Å²) in [5.74, 6) is 0.915. The van der Waals surface area contributed by atoms with E-state index >= 15 is 0 Å². The van der Waals surface area contributed by atoms with E-state index in [1.807, 2.05) is 12.1 Å². The summed E-state index contributed by atoms with van der Waals surface area (Å²) in [6, 6.07) is 8.10. The predicted octanol–water partition coefficient (Wildman–Crippen LogP) is 2.33. The molecular weight excluding hydrogens is 311 g/mol. The number of likely N-dealkylation sites (N-methyl/N-ethyl adjacent to an activating group) is 1. The lowest BCUT2D eigenvalue weighted by Gasteiger charge is -2.18. The lowest BCUT2D eigenvalue weighted by Crippen LogP contribution is -2.27. The van der Waals surface area contributed by atoms with Gasteiger partial charge in [0.1, 0.15) is 12.4 Å². The van der Waals surface area contributed by atoms with E-state index < -0.39 is 0 Å². The molecule has 1 rings (SSSR count). The fraction of sp³-hybridized carbons (Fsp3) is 0.600. The van der Waals surface area contributed by atoms with Crippen LogP contribution in [-0.4, -0.2) is 49.4 Å². The van der Waals surface area contributed by atoms with Crippen LogP contribution in [0.3, 0.4) is 0 Å². The van der Waals surface area contributed by atoms with Crippen LogP contribution in [0, 0.1) is 0 Å². The van der Waals surface area contributed by atoms with Crippen molar-refractivity contribution in [1.82, 2.24) is 10.2 Å². The van der Waals surface area contributed by atoms with Gasteiger partial charge in [-0.05, 0) is 30.8 Å². The number of nitrogens with one attached hydrogen (secondary N) is 1. The van der Waals surface area contributed by atoms with Crippen LogP contribution in [0.25, 0.3) is 0 Å². The van der Waals surface area contributed by atoms with Crippen molar-refractivity contribution in [1.29, 1.82) is 0 Å². The van der Waals surface area contributed by atoms with Crippen molar-refractivity contribution in [2.45, 2.75) is 20.4 Å². The van der Waals surface area contributed by atoms with E-state index in [-0.39, 0.29) is 31.4 Å². The molecule has 0 amide bonds. The largest absolute Gasteiger partial charge is 0.492 e. The van der Waals surface area contributed by atoms with E-state index in [2.05, 4.69) is 36.2 Å². The molecule has 0 heterocycles. The fourth-order valence-corrected chi connectivity index (χ4v) is 1.85.